The fraction of sp³-hybridized carbons (Fsp3) is 0. The summed E-state index contributed by atoms with van der Waals surface area (Å²) in [5.41, 5.74) is 7.27. The molecule has 4 aromatic heterocycles. The van der Waals surface area contributed by atoms with E-state index in [1.165, 1.54) is 0 Å². The first-order chi connectivity index (χ1) is 14.3. The number of hydrogen-bond acceptors (Lipinski definition) is 4. The fourth-order valence-corrected chi connectivity index (χ4v) is 4.22. The predicted octanol–water partition coefficient (Wildman–Crippen LogP) is 5.90. The number of aromatic nitrogens is 5. The Balaban J connectivity index is 1.41. The molecule has 5 nitrogen and oxygen atoms in total. The minimum absolute atomic E-state index is 0.851. The Morgan fingerprint density at radius 2 is 1.31 bits per heavy atom. The Hall–Kier alpha value is -3.77. The van der Waals surface area contributed by atoms with Gasteiger partial charge in [-0.25, -0.2) is 9.97 Å². The first-order valence-corrected chi connectivity index (χ1v) is 10.2. The van der Waals surface area contributed by atoms with E-state index in [0.717, 1.165) is 55.3 Å². The summed E-state index contributed by atoms with van der Waals surface area (Å²) in [6.07, 6.45) is 3.55. The van der Waals surface area contributed by atoms with Gasteiger partial charge in [0, 0.05) is 18.0 Å². The number of pyridine rings is 1. The number of aromatic amines is 2. The highest BCUT2D eigenvalue weighted by atomic mass is 32.1. The Labute approximate surface area is 170 Å². The van der Waals surface area contributed by atoms with Gasteiger partial charge in [-0.15, -0.1) is 11.3 Å². The van der Waals surface area contributed by atoms with Crippen LogP contribution in [0.1, 0.15) is 0 Å². The van der Waals surface area contributed by atoms with Gasteiger partial charge in [0.15, 0.2) is 0 Å². The lowest BCUT2D eigenvalue weighted by Crippen LogP contribution is -1.80. The van der Waals surface area contributed by atoms with Crippen LogP contribution in [-0.2, 0) is 0 Å². The number of nitrogens with zero attached hydrogens (tertiary/aromatic N) is 3. The molecule has 4 heterocycles. The van der Waals surface area contributed by atoms with Crippen molar-refractivity contribution in [2.75, 3.05) is 0 Å². The number of benzene rings is 2. The third-order valence-corrected chi connectivity index (χ3v) is 5.88. The Kier molecular flexibility index (Phi) is 3.57. The molecule has 0 amide bonds. The Morgan fingerprint density at radius 3 is 1.97 bits per heavy atom. The normalized spacial score (nSPS) is 11.4. The second-order valence-corrected chi connectivity index (χ2v) is 7.80. The van der Waals surface area contributed by atoms with Crippen molar-refractivity contribution < 1.29 is 0 Å². The van der Waals surface area contributed by atoms with E-state index in [0.29, 0.717) is 0 Å². The largest absolute Gasteiger partial charge is 0.338 e. The molecule has 29 heavy (non-hydrogen) atoms. The fourth-order valence-electron chi connectivity index (χ4n) is 3.55. The van der Waals surface area contributed by atoms with Gasteiger partial charge in [-0.1, -0.05) is 18.2 Å². The van der Waals surface area contributed by atoms with Gasteiger partial charge in [-0.05, 0) is 59.0 Å². The van der Waals surface area contributed by atoms with Crippen LogP contribution in [0.15, 0.2) is 78.4 Å². The average molecular weight is 393 g/mol. The van der Waals surface area contributed by atoms with Crippen LogP contribution < -0.4 is 0 Å². The van der Waals surface area contributed by atoms with Crippen molar-refractivity contribution in [1.29, 1.82) is 0 Å². The lowest BCUT2D eigenvalue weighted by atomic mass is 10.0. The number of hydrogen-bond donors (Lipinski definition) is 2. The number of rotatable bonds is 3. The summed E-state index contributed by atoms with van der Waals surface area (Å²) >= 11 is 1.68. The summed E-state index contributed by atoms with van der Waals surface area (Å²) in [6, 6.07) is 20.7. The van der Waals surface area contributed by atoms with E-state index in [-0.39, 0.29) is 0 Å². The third-order valence-electron chi connectivity index (χ3n) is 5.01. The maximum absolute atomic E-state index is 4.71. The molecule has 0 radical (unpaired) electrons. The highest BCUT2D eigenvalue weighted by molar-refractivity contribution is 7.13. The van der Waals surface area contributed by atoms with Gasteiger partial charge >= 0.3 is 0 Å². The van der Waals surface area contributed by atoms with Crippen LogP contribution in [-0.4, -0.2) is 24.9 Å². The highest BCUT2D eigenvalue weighted by Crippen LogP contribution is 2.30. The van der Waals surface area contributed by atoms with E-state index >= 15 is 0 Å². The van der Waals surface area contributed by atoms with Crippen molar-refractivity contribution in [3.8, 4) is 33.2 Å². The molecular weight excluding hydrogens is 378 g/mol. The van der Waals surface area contributed by atoms with E-state index < -0.39 is 0 Å². The molecule has 0 spiro atoms. The number of thiophene rings is 1. The number of imidazole rings is 2. The first kappa shape index (κ1) is 16.2. The first-order valence-electron chi connectivity index (χ1n) is 9.28. The molecule has 6 heteroatoms. The zero-order valence-electron chi connectivity index (χ0n) is 15.3. The van der Waals surface area contributed by atoms with Crippen LogP contribution >= 0.6 is 11.3 Å². The van der Waals surface area contributed by atoms with E-state index in [2.05, 4.69) is 62.8 Å². The van der Waals surface area contributed by atoms with Crippen molar-refractivity contribution in [2.24, 2.45) is 0 Å². The molecule has 0 saturated heterocycles. The Morgan fingerprint density at radius 1 is 0.655 bits per heavy atom. The van der Waals surface area contributed by atoms with Gasteiger partial charge in [0.25, 0.3) is 0 Å². The molecule has 2 aromatic carbocycles. The lowest BCUT2D eigenvalue weighted by molar-refractivity contribution is 1.28. The number of nitrogens with one attached hydrogen (secondary N) is 2. The van der Waals surface area contributed by atoms with Gasteiger partial charge in [0.2, 0.25) is 0 Å². The molecule has 6 rings (SSSR count). The van der Waals surface area contributed by atoms with Gasteiger partial charge in [0.1, 0.15) is 11.6 Å². The zero-order chi connectivity index (χ0) is 19.2. The van der Waals surface area contributed by atoms with E-state index in [4.69, 9.17) is 9.97 Å². The molecule has 0 unspecified atom stereocenters. The van der Waals surface area contributed by atoms with Crippen molar-refractivity contribution in [3.63, 3.8) is 0 Å². The molecule has 2 N–H and O–H groups in total. The van der Waals surface area contributed by atoms with Crippen LogP contribution in [0, 0.1) is 0 Å². The maximum Gasteiger partial charge on any atom is 0.148 e. The van der Waals surface area contributed by atoms with Crippen LogP contribution in [0.3, 0.4) is 0 Å². The summed E-state index contributed by atoms with van der Waals surface area (Å²) in [5.74, 6) is 1.77. The van der Waals surface area contributed by atoms with Crippen molar-refractivity contribution in [2.45, 2.75) is 0 Å². The van der Waals surface area contributed by atoms with Crippen molar-refractivity contribution >= 4 is 33.4 Å². The second kappa shape index (κ2) is 6.39. The van der Waals surface area contributed by atoms with Gasteiger partial charge in [0.05, 0.1) is 26.9 Å². The molecule has 0 atom stereocenters. The van der Waals surface area contributed by atoms with Crippen LogP contribution in [0.25, 0.3) is 55.3 Å². The molecule has 0 bridgehead atoms. The summed E-state index contributed by atoms with van der Waals surface area (Å²) in [6.45, 7) is 0. The minimum Gasteiger partial charge on any atom is -0.338 e. The molecular formula is C23H15N5S. The standard InChI is InChI=1S/C23H15N5S/c1-2-21(29-11-1)23-26-18-6-4-16(13-20(18)28-23)15-3-5-17-19(12-15)27-22(25-17)14-7-9-24-10-8-14/h1-13H,(H,25,27)(H,26,28). The maximum atomic E-state index is 4.71. The third kappa shape index (κ3) is 2.81. The monoisotopic (exact) mass is 393 g/mol. The number of fused-ring (bicyclic) bond motifs is 2. The molecule has 0 aliphatic carbocycles. The van der Waals surface area contributed by atoms with Crippen LogP contribution in [0.5, 0.6) is 0 Å². The van der Waals surface area contributed by atoms with Crippen LogP contribution in [0.4, 0.5) is 0 Å². The lowest BCUT2D eigenvalue weighted by Gasteiger charge is -2.01. The summed E-state index contributed by atoms with van der Waals surface area (Å²) < 4.78 is 0. The second-order valence-electron chi connectivity index (χ2n) is 6.85. The van der Waals surface area contributed by atoms with Crippen LogP contribution in [0.2, 0.25) is 0 Å². The average Bonchev–Trinajstić information content (AvgIpc) is 3.52. The molecule has 138 valence electrons. The van der Waals surface area contributed by atoms with Crippen molar-refractivity contribution in [3.05, 3.63) is 78.4 Å². The predicted molar refractivity (Wildman–Crippen MR) is 118 cm³/mol. The highest BCUT2D eigenvalue weighted by Gasteiger charge is 2.10. The SMILES string of the molecule is c1csc(-c2nc3ccc(-c4ccc5nc(-c6ccncc6)[nH]c5c4)cc3[nH]2)c1. The Bertz CT molecular complexity index is 1450. The summed E-state index contributed by atoms with van der Waals surface area (Å²) in [5, 5.41) is 2.06. The van der Waals surface area contributed by atoms with Gasteiger partial charge in [-0.3, -0.25) is 4.98 Å². The van der Waals surface area contributed by atoms with E-state index in [1.54, 1.807) is 23.7 Å². The molecule has 0 fully saturated rings. The van der Waals surface area contributed by atoms with Crippen molar-refractivity contribution in [1.82, 2.24) is 24.9 Å². The quantitative estimate of drug-likeness (QED) is 0.393. The smallest absolute Gasteiger partial charge is 0.148 e. The summed E-state index contributed by atoms with van der Waals surface area (Å²) in [4.78, 5) is 21.5. The van der Waals surface area contributed by atoms with E-state index in [1.807, 2.05) is 18.2 Å². The molecule has 0 saturated carbocycles. The topological polar surface area (TPSA) is 70.2 Å². The van der Waals surface area contributed by atoms with E-state index in [9.17, 15) is 0 Å². The van der Waals surface area contributed by atoms with Gasteiger partial charge < -0.3 is 9.97 Å². The minimum atomic E-state index is 0.851. The molecule has 0 aliphatic heterocycles. The number of H-pyrrole nitrogens is 2. The van der Waals surface area contributed by atoms with Gasteiger partial charge in [-0.2, -0.15) is 0 Å². The molecule has 0 aliphatic rings. The summed E-state index contributed by atoms with van der Waals surface area (Å²) in [7, 11) is 0. The molecule has 6 aromatic rings. The zero-order valence-corrected chi connectivity index (χ0v) is 16.1.